The van der Waals surface area contributed by atoms with E-state index in [2.05, 4.69) is 73.1 Å². The fourth-order valence-corrected chi connectivity index (χ4v) is 3.45. The predicted molar refractivity (Wildman–Crippen MR) is 81.4 cm³/mol. The topological polar surface area (TPSA) is 12.0 Å². The van der Waals surface area contributed by atoms with E-state index >= 15 is 0 Å². The molecular formula is C13H13Br2NS. The van der Waals surface area contributed by atoms with Crippen molar-refractivity contribution in [2.75, 3.05) is 0 Å². The molecule has 1 aromatic carbocycles. The van der Waals surface area contributed by atoms with Gasteiger partial charge in [0.05, 0.1) is 0 Å². The Bertz CT molecular complexity index is 496. The quantitative estimate of drug-likeness (QED) is 0.782. The van der Waals surface area contributed by atoms with Gasteiger partial charge in [-0.3, -0.25) is 0 Å². The van der Waals surface area contributed by atoms with E-state index in [9.17, 15) is 0 Å². The lowest BCUT2D eigenvalue weighted by Gasteiger charge is -2.14. The third-order valence-electron chi connectivity index (χ3n) is 2.64. The smallest absolute Gasteiger partial charge is 0.0327 e. The Kier molecular flexibility index (Phi) is 4.79. The molecule has 0 bridgehead atoms. The molecule has 0 unspecified atom stereocenters. The minimum absolute atomic E-state index is 0.347. The average Bonchev–Trinajstić information content (AvgIpc) is 2.72. The Labute approximate surface area is 123 Å². The van der Waals surface area contributed by atoms with Crippen molar-refractivity contribution < 1.29 is 0 Å². The molecule has 0 amide bonds. The molecule has 1 aromatic heterocycles. The van der Waals surface area contributed by atoms with E-state index < -0.39 is 0 Å². The van der Waals surface area contributed by atoms with Crippen molar-refractivity contribution >= 4 is 43.2 Å². The zero-order valence-corrected chi connectivity index (χ0v) is 13.4. The van der Waals surface area contributed by atoms with E-state index in [1.165, 1.54) is 15.6 Å². The fraction of sp³-hybridized carbons (Fsp3) is 0.231. The van der Waals surface area contributed by atoms with Gasteiger partial charge in [0.25, 0.3) is 0 Å². The van der Waals surface area contributed by atoms with Crippen LogP contribution in [0.25, 0.3) is 0 Å². The molecule has 0 saturated carbocycles. The summed E-state index contributed by atoms with van der Waals surface area (Å²) < 4.78 is 2.32. The van der Waals surface area contributed by atoms with Crippen molar-refractivity contribution in [3.63, 3.8) is 0 Å². The van der Waals surface area contributed by atoms with Crippen LogP contribution in [-0.4, -0.2) is 0 Å². The Hall–Kier alpha value is -0.160. The van der Waals surface area contributed by atoms with Gasteiger partial charge < -0.3 is 5.32 Å². The lowest BCUT2D eigenvalue weighted by Crippen LogP contribution is -2.17. The standard InChI is InChI=1S/C13H13Br2NS/c1-9(10-3-2-4-12(14)5-10)16-6-11-7-17-8-13(11)15/h2-5,7-9,16H,6H2,1H3/t9-/m1/s1. The van der Waals surface area contributed by atoms with Gasteiger partial charge in [-0.2, -0.15) is 11.3 Å². The Morgan fingerprint density at radius 3 is 2.76 bits per heavy atom. The molecule has 1 atom stereocenters. The molecule has 2 aromatic rings. The highest BCUT2D eigenvalue weighted by atomic mass is 79.9. The van der Waals surface area contributed by atoms with Gasteiger partial charge in [-0.25, -0.2) is 0 Å². The van der Waals surface area contributed by atoms with Gasteiger partial charge in [-0.15, -0.1) is 0 Å². The van der Waals surface area contributed by atoms with Crippen LogP contribution in [0, 0.1) is 0 Å². The first-order valence-corrected chi connectivity index (χ1v) is 7.89. The second-order valence-electron chi connectivity index (χ2n) is 3.90. The first-order valence-electron chi connectivity index (χ1n) is 5.36. The Morgan fingerprint density at radius 1 is 1.29 bits per heavy atom. The van der Waals surface area contributed by atoms with Crippen molar-refractivity contribution in [3.05, 3.63) is 55.1 Å². The summed E-state index contributed by atoms with van der Waals surface area (Å²) in [4.78, 5) is 0. The second-order valence-corrected chi connectivity index (χ2v) is 6.42. The van der Waals surface area contributed by atoms with Gasteiger partial charge >= 0.3 is 0 Å². The highest BCUT2D eigenvalue weighted by Gasteiger charge is 2.06. The summed E-state index contributed by atoms with van der Waals surface area (Å²) >= 11 is 8.77. The average molecular weight is 375 g/mol. The van der Waals surface area contributed by atoms with E-state index in [0.29, 0.717) is 6.04 Å². The first kappa shape index (κ1) is 13.3. The monoisotopic (exact) mass is 373 g/mol. The van der Waals surface area contributed by atoms with Crippen molar-refractivity contribution in [3.8, 4) is 0 Å². The molecule has 17 heavy (non-hydrogen) atoms. The third-order valence-corrected chi connectivity index (χ3v) is 4.96. The van der Waals surface area contributed by atoms with E-state index in [-0.39, 0.29) is 0 Å². The molecule has 1 heterocycles. The molecule has 1 N–H and O–H groups in total. The van der Waals surface area contributed by atoms with Crippen molar-refractivity contribution in [1.82, 2.24) is 5.32 Å². The van der Waals surface area contributed by atoms with Crippen molar-refractivity contribution in [1.29, 1.82) is 0 Å². The van der Waals surface area contributed by atoms with Crippen molar-refractivity contribution in [2.24, 2.45) is 0 Å². The van der Waals surface area contributed by atoms with Crippen LogP contribution in [0.15, 0.2) is 44.0 Å². The maximum absolute atomic E-state index is 3.55. The minimum Gasteiger partial charge on any atom is -0.306 e. The van der Waals surface area contributed by atoms with E-state index in [0.717, 1.165) is 11.0 Å². The lowest BCUT2D eigenvalue weighted by molar-refractivity contribution is 0.574. The van der Waals surface area contributed by atoms with Crippen LogP contribution in [0.3, 0.4) is 0 Å². The maximum atomic E-state index is 3.55. The van der Waals surface area contributed by atoms with Gasteiger partial charge in [0.15, 0.2) is 0 Å². The van der Waals surface area contributed by atoms with Crippen LogP contribution in [0.2, 0.25) is 0 Å². The lowest BCUT2D eigenvalue weighted by atomic mass is 10.1. The number of thiophene rings is 1. The van der Waals surface area contributed by atoms with Crippen LogP contribution in [-0.2, 0) is 6.54 Å². The molecule has 0 saturated heterocycles. The number of hydrogen-bond acceptors (Lipinski definition) is 2. The van der Waals surface area contributed by atoms with E-state index in [1.807, 2.05) is 6.07 Å². The number of rotatable bonds is 4. The zero-order chi connectivity index (χ0) is 12.3. The van der Waals surface area contributed by atoms with E-state index in [1.54, 1.807) is 11.3 Å². The molecular weight excluding hydrogens is 362 g/mol. The normalized spacial score (nSPS) is 12.6. The third kappa shape index (κ3) is 3.65. The van der Waals surface area contributed by atoms with Gasteiger partial charge in [0.2, 0.25) is 0 Å². The zero-order valence-electron chi connectivity index (χ0n) is 9.41. The Balaban J connectivity index is 1.98. The van der Waals surface area contributed by atoms with Crippen LogP contribution in [0.1, 0.15) is 24.1 Å². The predicted octanol–water partition coefficient (Wildman–Crippen LogP) is 5.12. The summed E-state index contributed by atoms with van der Waals surface area (Å²) in [7, 11) is 0. The van der Waals surface area contributed by atoms with Crippen LogP contribution in [0.4, 0.5) is 0 Å². The Morgan fingerprint density at radius 2 is 2.12 bits per heavy atom. The highest BCUT2D eigenvalue weighted by Crippen LogP contribution is 2.23. The summed E-state index contributed by atoms with van der Waals surface area (Å²) in [6.07, 6.45) is 0. The van der Waals surface area contributed by atoms with Crippen LogP contribution in [0.5, 0.6) is 0 Å². The number of halogens is 2. The van der Waals surface area contributed by atoms with Gasteiger partial charge in [0.1, 0.15) is 0 Å². The number of nitrogens with one attached hydrogen (secondary N) is 1. The maximum Gasteiger partial charge on any atom is 0.0327 e. The SMILES string of the molecule is C[C@@H](NCc1cscc1Br)c1cccc(Br)c1. The number of benzene rings is 1. The molecule has 0 spiro atoms. The number of hydrogen-bond donors (Lipinski definition) is 1. The molecule has 0 radical (unpaired) electrons. The summed E-state index contributed by atoms with van der Waals surface area (Å²) in [6.45, 7) is 3.07. The van der Waals surface area contributed by atoms with Crippen LogP contribution >= 0.6 is 43.2 Å². The molecule has 4 heteroatoms. The second kappa shape index (κ2) is 6.14. The first-order chi connectivity index (χ1) is 8.16. The van der Waals surface area contributed by atoms with E-state index in [4.69, 9.17) is 0 Å². The minimum atomic E-state index is 0.347. The fourth-order valence-electron chi connectivity index (χ4n) is 1.59. The molecule has 2 rings (SSSR count). The molecule has 1 nitrogen and oxygen atoms in total. The summed E-state index contributed by atoms with van der Waals surface area (Å²) in [5.41, 5.74) is 2.61. The molecule has 0 aliphatic heterocycles. The summed E-state index contributed by atoms with van der Waals surface area (Å²) in [5.74, 6) is 0. The molecule has 0 fully saturated rings. The molecule has 90 valence electrons. The van der Waals surface area contributed by atoms with Gasteiger partial charge in [-0.05, 0) is 51.5 Å². The highest BCUT2D eigenvalue weighted by molar-refractivity contribution is 9.10. The van der Waals surface area contributed by atoms with Gasteiger partial charge in [-0.1, -0.05) is 28.1 Å². The molecule has 0 aliphatic carbocycles. The summed E-state index contributed by atoms with van der Waals surface area (Å²) in [6, 6.07) is 8.76. The van der Waals surface area contributed by atoms with Gasteiger partial charge in [0, 0.05) is 26.9 Å². The van der Waals surface area contributed by atoms with Crippen molar-refractivity contribution in [2.45, 2.75) is 19.5 Å². The van der Waals surface area contributed by atoms with Crippen LogP contribution < -0.4 is 5.32 Å². The molecule has 0 aliphatic rings. The largest absolute Gasteiger partial charge is 0.306 e. The summed E-state index contributed by atoms with van der Waals surface area (Å²) in [5, 5.41) is 7.81.